The molecule has 0 atom stereocenters. The molecule has 0 amide bonds. The standard InChI is InChI=1S/C13H16FN3.ClH/c1-10-7-16-17(2)13(10)9-15-8-11-3-5-12(14)6-4-11;/h3-7,15H,8-9H2,1-2H3;1H. The van der Waals surface area contributed by atoms with Crippen LogP contribution in [0.25, 0.3) is 0 Å². The minimum absolute atomic E-state index is 0. The van der Waals surface area contributed by atoms with Gasteiger partial charge in [-0.05, 0) is 30.2 Å². The third-order valence-electron chi connectivity index (χ3n) is 2.81. The van der Waals surface area contributed by atoms with E-state index in [-0.39, 0.29) is 18.2 Å². The van der Waals surface area contributed by atoms with Crippen LogP contribution in [-0.2, 0) is 20.1 Å². The third kappa shape index (κ3) is 3.55. The van der Waals surface area contributed by atoms with Crippen LogP contribution < -0.4 is 5.32 Å². The summed E-state index contributed by atoms with van der Waals surface area (Å²) in [5, 5.41) is 7.50. The van der Waals surface area contributed by atoms with Crippen LogP contribution in [0.1, 0.15) is 16.8 Å². The molecule has 1 heterocycles. The lowest BCUT2D eigenvalue weighted by Gasteiger charge is -2.06. The normalized spacial score (nSPS) is 10.2. The van der Waals surface area contributed by atoms with Gasteiger partial charge in [0, 0.05) is 20.1 Å². The summed E-state index contributed by atoms with van der Waals surface area (Å²) in [5.74, 6) is -0.198. The summed E-state index contributed by atoms with van der Waals surface area (Å²) in [6.45, 7) is 3.53. The van der Waals surface area contributed by atoms with Gasteiger partial charge in [-0.1, -0.05) is 12.1 Å². The summed E-state index contributed by atoms with van der Waals surface area (Å²) < 4.78 is 14.6. The Morgan fingerprint density at radius 1 is 1.22 bits per heavy atom. The maximum Gasteiger partial charge on any atom is 0.123 e. The second kappa shape index (κ2) is 6.52. The summed E-state index contributed by atoms with van der Waals surface area (Å²) in [6.07, 6.45) is 1.86. The fraction of sp³-hybridized carbons (Fsp3) is 0.308. The van der Waals surface area contributed by atoms with Crippen LogP contribution in [0.5, 0.6) is 0 Å². The van der Waals surface area contributed by atoms with Crippen molar-refractivity contribution < 1.29 is 4.39 Å². The van der Waals surface area contributed by atoms with E-state index in [0.717, 1.165) is 18.7 Å². The van der Waals surface area contributed by atoms with Crippen LogP contribution in [0, 0.1) is 12.7 Å². The van der Waals surface area contributed by atoms with Crippen molar-refractivity contribution in [2.24, 2.45) is 7.05 Å². The Labute approximate surface area is 112 Å². The Kier molecular flexibility index (Phi) is 5.31. The van der Waals surface area contributed by atoms with Gasteiger partial charge in [-0.25, -0.2) is 4.39 Å². The smallest absolute Gasteiger partial charge is 0.123 e. The molecule has 98 valence electrons. The SMILES string of the molecule is Cc1cnn(C)c1CNCc1ccc(F)cc1.Cl. The van der Waals surface area contributed by atoms with Crippen molar-refractivity contribution in [2.45, 2.75) is 20.0 Å². The molecule has 0 aliphatic rings. The average Bonchev–Trinajstić information content (AvgIpc) is 2.63. The zero-order valence-electron chi connectivity index (χ0n) is 10.5. The minimum Gasteiger partial charge on any atom is -0.307 e. The number of halogens is 2. The zero-order chi connectivity index (χ0) is 12.3. The molecule has 0 aliphatic heterocycles. The van der Waals surface area contributed by atoms with E-state index in [1.165, 1.54) is 23.4 Å². The number of hydrogen-bond acceptors (Lipinski definition) is 2. The maximum atomic E-state index is 12.7. The van der Waals surface area contributed by atoms with Crippen LogP contribution in [0.4, 0.5) is 4.39 Å². The van der Waals surface area contributed by atoms with Crippen LogP contribution in [-0.4, -0.2) is 9.78 Å². The molecule has 18 heavy (non-hydrogen) atoms. The Morgan fingerprint density at radius 3 is 2.44 bits per heavy atom. The fourth-order valence-electron chi connectivity index (χ4n) is 1.75. The number of rotatable bonds is 4. The highest BCUT2D eigenvalue weighted by atomic mass is 35.5. The lowest BCUT2D eigenvalue weighted by atomic mass is 10.2. The molecule has 2 rings (SSSR count). The van der Waals surface area contributed by atoms with E-state index in [9.17, 15) is 4.39 Å². The number of nitrogens with one attached hydrogen (secondary N) is 1. The first-order valence-electron chi connectivity index (χ1n) is 5.59. The Balaban J connectivity index is 0.00000162. The van der Waals surface area contributed by atoms with Crippen LogP contribution in [0.2, 0.25) is 0 Å². The lowest BCUT2D eigenvalue weighted by Crippen LogP contribution is -2.16. The highest BCUT2D eigenvalue weighted by molar-refractivity contribution is 5.85. The van der Waals surface area contributed by atoms with Crippen LogP contribution in [0.15, 0.2) is 30.5 Å². The van der Waals surface area contributed by atoms with E-state index in [1.807, 2.05) is 24.9 Å². The Bertz CT molecular complexity index is 474. The molecule has 1 N–H and O–H groups in total. The maximum absolute atomic E-state index is 12.7. The van der Waals surface area contributed by atoms with Crippen molar-refractivity contribution in [3.63, 3.8) is 0 Å². The molecule has 0 radical (unpaired) electrons. The molecule has 1 aromatic carbocycles. The average molecular weight is 270 g/mol. The van der Waals surface area contributed by atoms with Gasteiger partial charge in [0.1, 0.15) is 5.82 Å². The monoisotopic (exact) mass is 269 g/mol. The van der Waals surface area contributed by atoms with E-state index >= 15 is 0 Å². The molecule has 0 spiro atoms. The van der Waals surface area contributed by atoms with Gasteiger partial charge in [0.25, 0.3) is 0 Å². The van der Waals surface area contributed by atoms with E-state index in [4.69, 9.17) is 0 Å². The molecule has 2 aromatic rings. The van der Waals surface area contributed by atoms with Crippen molar-refractivity contribution in [2.75, 3.05) is 0 Å². The van der Waals surface area contributed by atoms with Crippen molar-refractivity contribution in [1.82, 2.24) is 15.1 Å². The molecule has 1 aromatic heterocycles. The van der Waals surface area contributed by atoms with Gasteiger partial charge in [-0.15, -0.1) is 12.4 Å². The van der Waals surface area contributed by atoms with E-state index in [2.05, 4.69) is 10.4 Å². The van der Waals surface area contributed by atoms with Gasteiger partial charge in [-0.3, -0.25) is 4.68 Å². The van der Waals surface area contributed by atoms with Crippen molar-refractivity contribution >= 4 is 12.4 Å². The Morgan fingerprint density at radius 2 is 1.89 bits per heavy atom. The first-order valence-corrected chi connectivity index (χ1v) is 5.59. The summed E-state index contributed by atoms with van der Waals surface area (Å²) in [7, 11) is 1.93. The Hall–Kier alpha value is -1.39. The number of aromatic nitrogens is 2. The highest BCUT2D eigenvalue weighted by Gasteiger charge is 2.03. The number of benzene rings is 1. The number of hydrogen-bond donors (Lipinski definition) is 1. The van der Waals surface area contributed by atoms with Crippen LogP contribution >= 0.6 is 12.4 Å². The van der Waals surface area contributed by atoms with Gasteiger partial charge in [0.15, 0.2) is 0 Å². The molecule has 0 bridgehead atoms. The van der Waals surface area contributed by atoms with Gasteiger partial charge < -0.3 is 5.32 Å². The first-order chi connectivity index (χ1) is 8.16. The summed E-state index contributed by atoms with van der Waals surface area (Å²) in [6, 6.07) is 6.54. The number of nitrogens with zero attached hydrogens (tertiary/aromatic N) is 2. The van der Waals surface area contributed by atoms with Crippen LogP contribution in [0.3, 0.4) is 0 Å². The summed E-state index contributed by atoms with van der Waals surface area (Å²) in [4.78, 5) is 0. The number of aryl methyl sites for hydroxylation is 2. The summed E-state index contributed by atoms with van der Waals surface area (Å²) >= 11 is 0. The zero-order valence-corrected chi connectivity index (χ0v) is 11.3. The molecule has 0 saturated carbocycles. The fourth-order valence-corrected chi connectivity index (χ4v) is 1.75. The molecular formula is C13H17ClFN3. The van der Waals surface area contributed by atoms with Gasteiger partial charge in [0.2, 0.25) is 0 Å². The molecular weight excluding hydrogens is 253 g/mol. The van der Waals surface area contributed by atoms with Gasteiger partial charge >= 0.3 is 0 Å². The van der Waals surface area contributed by atoms with E-state index in [1.54, 1.807) is 12.1 Å². The van der Waals surface area contributed by atoms with E-state index in [0.29, 0.717) is 0 Å². The highest BCUT2D eigenvalue weighted by Crippen LogP contribution is 2.06. The molecule has 0 saturated heterocycles. The molecule has 5 heteroatoms. The van der Waals surface area contributed by atoms with E-state index < -0.39 is 0 Å². The lowest BCUT2D eigenvalue weighted by molar-refractivity contribution is 0.615. The van der Waals surface area contributed by atoms with Gasteiger partial charge in [-0.2, -0.15) is 5.10 Å². The second-order valence-electron chi connectivity index (χ2n) is 4.13. The second-order valence-corrected chi connectivity index (χ2v) is 4.13. The quantitative estimate of drug-likeness (QED) is 0.925. The van der Waals surface area contributed by atoms with Crippen molar-refractivity contribution in [3.05, 3.63) is 53.1 Å². The predicted molar refractivity (Wildman–Crippen MR) is 72.1 cm³/mol. The topological polar surface area (TPSA) is 29.9 Å². The largest absolute Gasteiger partial charge is 0.307 e. The van der Waals surface area contributed by atoms with Gasteiger partial charge in [0.05, 0.1) is 11.9 Å². The molecule has 0 aliphatic carbocycles. The summed E-state index contributed by atoms with van der Waals surface area (Å²) in [5.41, 5.74) is 3.43. The minimum atomic E-state index is -0.198. The van der Waals surface area contributed by atoms with Crippen molar-refractivity contribution in [3.8, 4) is 0 Å². The predicted octanol–water partition coefficient (Wildman–Crippen LogP) is 2.58. The molecule has 3 nitrogen and oxygen atoms in total. The van der Waals surface area contributed by atoms with Crippen molar-refractivity contribution in [1.29, 1.82) is 0 Å². The third-order valence-corrected chi connectivity index (χ3v) is 2.81. The molecule has 0 fully saturated rings. The first kappa shape index (κ1) is 14.7. The molecule has 0 unspecified atom stereocenters.